The van der Waals surface area contributed by atoms with E-state index in [2.05, 4.69) is 0 Å². The van der Waals surface area contributed by atoms with Crippen LogP contribution in [0.3, 0.4) is 0 Å². The largest absolute Gasteiger partial charge is 0.321 e. The van der Waals surface area contributed by atoms with Gasteiger partial charge in [0.2, 0.25) is 0 Å². The van der Waals surface area contributed by atoms with Gasteiger partial charge in [0.05, 0.1) is 5.69 Å². The van der Waals surface area contributed by atoms with Crippen molar-refractivity contribution in [2.45, 2.75) is 0 Å². The lowest BCUT2D eigenvalue weighted by Gasteiger charge is -2.13. The molecule has 0 atom stereocenters. The topological polar surface area (TPSA) is 37.4 Å². The first-order valence-corrected chi connectivity index (χ1v) is 5.52. The summed E-state index contributed by atoms with van der Waals surface area (Å²) >= 11 is 0. The van der Waals surface area contributed by atoms with E-state index in [4.69, 9.17) is 10.7 Å². The molecule has 0 aliphatic heterocycles. The van der Waals surface area contributed by atoms with E-state index in [9.17, 15) is 8.42 Å². The lowest BCUT2D eigenvalue weighted by molar-refractivity contribution is 0.608. The zero-order valence-corrected chi connectivity index (χ0v) is 8.01. The lowest BCUT2D eigenvalue weighted by atomic mass is 10.3. The van der Waals surface area contributed by atoms with Gasteiger partial charge in [-0.2, -0.15) is 8.42 Å². The standard InChI is InChI=1S/C7H8ClNO2S/c1-9(12(8,10)11)7-5-3-2-4-6-7/h2-6H,1H3. The fraction of sp³-hybridized carbons (Fsp3) is 0.143. The van der Waals surface area contributed by atoms with Crippen molar-refractivity contribution in [3.05, 3.63) is 30.3 Å². The SMILES string of the molecule is CN(c1ccccc1)S(=O)(=O)Cl. The highest BCUT2D eigenvalue weighted by atomic mass is 35.7. The summed E-state index contributed by atoms with van der Waals surface area (Å²) < 4.78 is 22.7. The number of anilines is 1. The van der Waals surface area contributed by atoms with Gasteiger partial charge in [-0.25, -0.2) is 0 Å². The van der Waals surface area contributed by atoms with E-state index in [0.29, 0.717) is 5.69 Å². The molecule has 0 aliphatic carbocycles. The van der Waals surface area contributed by atoms with Gasteiger partial charge in [-0.3, -0.25) is 4.31 Å². The highest BCUT2D eigenvalue weighted by Crippen LogP contribution is 2.16. The summed E-state index contributed by atoms with van der Waals surface area (Å²) in [4.78, 5) is 0. The fourth-order valence-corrected chi connectivity index (χ4v) is 1.38. The molecule has 0 radical (unpaired) electrons. The number of rotatable bonds is 2. The Labute approximate surface area is 76.1 Å². The summed E-state index contributed by atoms with van der Waals surface area (Å²) in [5, 5.41) is 0. The quantitative estimate of drug-likeness (QED) is 0.688. The Hall–Kier alpha value is -0.740. The van der Waals surface area contributed by atoms with E-state index >= 15 is 0 Å². The summed E-state index contributed by atoms with van der Waals surface area (Å²) in [5.41, 5.74) is 0.549. The van der Waals surface area contributed by atoms with Crippen LogP contribution < -0.4 is 4.31 Å². The van der Waals surface area contributed by atoms with Crippen LogP contribution in [0.15, 0.2) is 30.3 Å². The molecule has 0 bridgehead atoms. The predicted molar refractivity (Wildman–Crippen MR) is 49.6 cm³/mol. The molecular formula is C7H8ClNO2S. The molecule has 12 heavy (non-hydrogen) atoms. The Morgan fingerprint density at radius 1 is 1.25 bits per heavy atom. The molecule has 0 N–H and O–H groups in total. The van der Waals surface area contributed by atoms with Gasteiger partial charge in [0, 0.05) is 17.7 Å². The molecule has 0 saturated heterocycles. The van der Waals surface area contributed by atoms with Crippen LogP contribution in [0.25, 0.3) is 0 Å². The van der Waals surface area contributed by atoms with Crippen molar-refractivity contribution in [1.29, 1.82) is 0 Å². The maximum atomic E-state index is 10.8. The second kappa shape index (κ2) is 3.33. The van der Waals surface area contributed by atoms with E-state index in [1.165, 1.54) is 7.05 Å². The minimum absolute atomic E-state index is 0.549. The van der Waals surface area contributed by atoms with Crippen LogP contribution in [-0.2, 0) is 9.24 Å². The van der Waals surface area contributed by atoms with Crippen LogP contribution in [0.4, 0.5) is 5.69 Å². The minimum atomic E-state index is -3.65. The van der Waals surface area contributed by atoms with Crippen molar-refractivity contribution in [2.24, 2.45) is 0 Å². The first kappa shape index (κ1) is 9.35. The Morgan fingerprint density at radius 3 is 2.17 bits per heavy atom. The lowest BCUT2D eigenvalue weighted by Crippen LogP contribution is -2.20. The number of para-hydroxylation sites is 1. The van der Waals surface area contributed by atoms with Crippen LogP contribution >= 0.6 is 10.7 Å². The molecule has 0 heterocycles. The highest BCUT2D eigenvalue weighted by Gasteiger charge is 2.12. The average molecular weight is 206 g/mol. The Morgan fingerprint density at radius 2 is 1.75 bits per heavy atom. The number of halogens is 1. The molecule has 66 valence electrons. The molecule has 1 aromatic rings. The van der Waals surface area contributed by atoms with Crippen LogP contribution in [0.5, 0.6) is 0 Å². The van der Waals surface area contributed by atoms with E-state index in [-0.39, 0.29) is 0 Å². The Balaban J connectivity index is 3.02. The number of nitrogens with zero attached hydrogens (tertiary/aromatic N) is 1. The first-order chi connectivity index (χ1) is 5.52. The predicted octanol–water partition coefficient (Wildman–Crippen LogP) is 1.61. The van der Waals surface area contributed by atoms with Gasteiger partial charge in [-0.05, 0) is 12.1 Å². The van der Waals surface area contributed by atoms with Gasteiger partial charge in [0.25, 0.3) is 0 Å². The van der Waals surface area contributed by atoms with Gasteiger partial charge in [0.15, 0.2) is 0 Å². The fourth-order valence-electron chi connectivity index (χ4n) is 0.764. The smallest absolute Gasteiger partial charge is 0.261 e. The van der Waals surface area contributed by atoms with Crippen molar-refractivity contribution < 1.29 is 8.42 Å². The summed E-state index contributed by atoms with van der Waals surface area (Å²) in [6.07, 6.45) is 0. The van der Waals surface area contributed by atoms with Crippen molar-refractivity contribution >= 4 is 25.6 Å². The maximum absolute atomic E-state index is 10.8. The molecule has 0 aliphatic rings. The van der Waals surface area contributed by atoms with Gasteiger partial charge < -0.3 is 0 Å². The van der Waals surface area contributed by atoms with Gasteiger partial charge in [0.1, 0.15) is 0 Å². The van der Waals surface area contributed by atoms with Gasteiger partial charge in [-0.1, -0.05) is 18.2 Å². The number of hydrogen-bond donors (Lipinski definition) is 0. The van der Waals surface area contributed by atoms with Crippen LogP contribution in [0.1, 0.15) is 0 Å². The second-order valence-electron chi connectivity index (χ2n) is 2.25. The summed E-state index contributed by atoms with van der Waals surface area (Å²) in [5.74, 6) is 0. The third-order valence-electron chi connectivity index (χ3n) is 1.45. The molecule has 1 aromatic carbocycles. The van der Waals surface area contributed by atoms with Gasteiger partial charge >= 0.3 is 9.24 Å². The van der Waals surface area contributed by atoms with Crippen LogP contribution in [-0.4, -0.2) is 15.5 Å². The van der Waals surface area contributed by atoms with Crippen molar-refractivity contribution in [2.75, 3.05) is 11.4 Å². The molecule has 1 rings (SSSR count). The molecule has 0 saturated carbocycles. The molecule has 0 fully saturated rings. The Kier molecular flexibility index (Phi) is 2.59. The van der Waals surface area contributed by atoms with Crippen molar-refractivity contribution in [3.63, 3.8) is 0 Å². The van der Waals surface area contributed by atoms with E-state index in [1.807, 2.05) is 0 Å². The normalized spacial score (nSPS) is 11.2. The summed E-state index contributed by atoms with van der Waals surface area (Å²) in [7, 11) is 2.87. The Bertz CT molecular complexity index is 349. The molecule has 0 amide bonds. The first-order valence-electron chi connectivity index (χ1n) is 3.25. The molecule has 0 aromatic heterocycles. The van der Waals surface area contributed by atoms with Crippen LogP contribution in [0.2, 0.25) is 0 Å². The molecule has 0 spiro atoms. The van der Waals surface area contributed by atoms with E-state index in [1.54, 1.807) is 30.3 Å². The molecular weight excluding hydrogens is 198 g/mol. The zero-order valence-electron chi connectivity index (χ0n) is 6.44. The number of hydrogen-bond acceptors (Lipinski definition) is 2. The zero-order chi connectivity index (χ0) is 9.19. The van der Waals surface area contributed by atoms with E-state index in [0.717, 1.165) is 4.31 Å². The summed E-state index contributed by atoms with van der Waals surface area (Å²) in [6, 6.07) is 8.62. The maximum Gasteiger partial charge on any atom is 0.321 e. The third-order valence-corrected chi connectivity index (χ3v) is 2.93. The van der Waals surface area contributed by atoms with Crippen molar-refractivity contribution in [3.8, 4) is 0 Å². The van der Waals surface area contributed by atoms with Gasteiger partial charge in [-0.15, -0.1) is 0 Å². The van der Waals surface area contributed by atoms with E-state index < -0.39 is 9.24 Å². The molecule has 5 heteroatoms. The van der Waals surface area contributed by atoms with Crippen LogP contribution in [0, 0.1) is 0 Å². The third kappa shape index (κ3) is 2.12. The second-order valence-corrected chi connectivity index (χ2v) is 4.79. The monoisotopic (exact) mass is 205 g/mol. The highest BCUT2D eigenvalue weighted by molar-refractivity contribution is 8.14. The minimum Gasteiger partial charge on any atom is -0.261 e. The summed E-state index contributed by atoms with van der Waals surface area (Å²) in [6.45, 7) is 0. The average Bonchev–Trinajstić information content (AvgIpc) is 2.03. The molecule has 3 nitrogen and oxygen atoms in total. The van der Waals surface area contributed by atoms with Crippen molar-refractivity contribution in [1.82, 2.24) is 0 Å². The number of benzene rings is 1. The molecule has 0 unspecified atom stereocenters.